The van der Waals surface area contributed by atoms with Gasteiger partial charge in [-0.2, -0.15) is 5.10 Å². The van der Waals surface area contributed by atoms with Gasteiger partial charge in [-0.15, -0.1) is 0 Å². The molecule has 0 amide bonds. The van der Waals surface area contributed by atoms with Crippen molar-refractivity contribution in [3.63, 3.8) is 0 Å². The zero-order valence-electron chi connectivity index (χ0n) is 11.8. The molecule has 0 fully saturated rings. The van der Waals surface area contributed by atoms with Crippen LogP contribution in [0.5, 0.6) is 5.75 Å². The lowest BCUT2D eigenvalue weighted by Crippen LogP contribution is -2.17. The molecule has 0 spiro atoms. The summed E-state index contributed by atoms with van der Waals surface area (Å²) in [6.07, 6.45) is 2.89. The normalized spacial score (nSPS) is 10.9. The lowest BCUT2D eigenvalue weighted by molar-refractivity contribution is 0.466. The van der Waals surface area contributed by atoms with Gasteiger partial charge in [-0.3, -0.25) is 4.68 Å². The highest BCUT2D eigenvalue weighted by Gasteiger charge is 2.03. The summed E-state index contributed by atoms with van der Waals surface area (Å²) in [6.45, 7) is 5.57. The first kappa shape index (κ1) is 13.6. The second-order valence-electron chi connectivity index (χ2n) is 4.99. The third-order valence-corrected chi connectivity index (χ3v) is 3.21. The summed E-state index contributed by atoms with van der Waals surface area (Å²) in [5, 5.41) is 17.5. The fraction of sp³-hybridized carbons (Fsp3) is 0.400. The molecule has 102 valence electrons. The highest BCUT2D eigenvalue weighted by atomic mass is 16.3. The van der Waals surface area contributed by atoms with E-state index in [4.69, 9.17) is 0 Å². The number of nitrogens with one attached hydrogen (secondary N) is 1. The van der Waals surface area contributed by atoms with Crippen molar-refractivity contribution in [1.82, 2.24) is 15.1 Å². The molecule has 1 heterocycles. The molecule has 0 radical (unpaired) electrons. The third kappa shape index (κ3) is 3.58. The smallest absolute Gasteiger partial charge is 0.121 e. The predicted molar refractivity (Wildman–Crippen MR) is 76.2 cm³/mol. The minimum atomic E-state index is 0.400. The van der Waals surface area contributed by atoms with Gasteiger partial charge in [0.25, 0.3) is 0 Å². The van der Waals surface area contributed by atoms with Gasteiger partial charge in [0.05, 0.1) is 5.69 Å². The molecule has 19 heavy (non-hydrogen) atoms. The molecule has 0 atom stereocenters. The number of phenolic OH excluding ortho intramolecular Hbond substituents is 1. The fourth-order valence-electron chi connectivity index (χ4n) is 2.19. The van der Waals surface area contributed by atoms with Crippen LogP contribution < -0.4 is 5.32 Å². The minimum Gasteiger partial charge on any atom is -0.507 e. The van der Waals surface area contributed by atoms with Gasteiger partial charge in [0, 0.05) is 32.8 Å². The molecule has 4 heteroatoms. The summed E-state index contributed by atoms with van der Waals surface area (Å²) in [5.41, 5.74) is 4.17. The van der Waals surface area contributed by atoms with Crippen LogP contribution in [0, 0.1) is 13.8 Å². The van der Waals surface area contributed by atoms with Crippen molar-refractivity contribution >= 4 is 0 Å². The molecule has 0 aliphatic heterocycles. The van der Waals surface area contributed by atoms with Gasteiger partial charge >= 0.3 is 0 Å². The van der Waals surface area contributed by atoms with Crippen LogP contribution in [0.3, 0.4) is 0 Å². The number of benzene rings is 1. The maximum atomic E-state index is 9.72. The molecule has 2 aromatic rings. The molecule has 0 saturated heterocycles. The lowest BCUT2D eigenvalue weighted by atomic mass is 10.1. The van der Waals surface area contributed by atoms with Crippen LogP contribution in [0.4, 0.5) is 0 Å². The molecular formula is C15H21N3O. The largest absolute Gasteiger partial charge is 0.507 e. The summed E-state index contributed by atoms with van der Waals surface area (Å²) >= 11 is 0. The van der Waals surface area contributed by atoms with Crippen LogP contribution in [0.2, 0.25) is 0 Å². The Labute approximate surface area is 114 Å². The first-order valence-corrected chi connectivity index (χ1v) is 6.54. The summed E-state index contributed by atoms with van der Waals surface area (Å²) in [7, 11) is 1.93. The number of hydrogen-bond acceptors (Lipinski definition) is 3. The number of aromatic nitrogens is 2. The Morgan fingerprint density at radius 3 is 2.53 bits per heavy atom. The minimum absolute atomic E-state index is 0.400. The van der Waals surface area contributed by atoms with Crippen LogP contribution >= 0.6 is 0 Å². The molecule has 0 saturated carbocycles. The molecular weight excluding hydrogens is 238 g/mol. The highest BCUT2D eigenvalue weighted by Crippen LogP contribution is 2.22. The van der Waals surface area contributed by atoms with Crippen molar-refractivity contribution in [2.24, 2.45) is 7.05 Å². The average molecular weight is 259 g/mol. The van der Waals surface area contributed by atoms with Gasteiger partial charge in [-0.25, -0.2) is 0 Å². The van der Waals surface area contributed by atoms with Gasteiger partial charge in [-0.05, 0) is 36.6 Å². The van der Waals surface area contributed by atoms with E-state index in [1.165, 1.54) is 5.56 Å². The Morgan fingerprint density at radius 1 is 1.26 bits per heavy atom. The van der Waals surface area contributed by atoms with Crippen LogP contribution in [0.1, 0.15) is 22.4 Å². The van der Waals surface area contributed by atoms with Crippen molar-refractivity contribution in [2.45, 2.75) is 26.8 Å². The van der Waals surface area contributed by atoms with E-state index >= 15 is 0 Å². The predicted octanol–water partition coefficient (Wildman–Crippen LogP) is 2.07. The quantitative estimate of drug-likeness (QED) is 0.808. The second-order valence-corrected chi connectivity index (χ2v) is 4.99. The van der Waals surface area contributed by atoms with Gasteiger partial charge < -0.3 is 10.4 Å². The van der Waals surface area contributed by atoms with E-state index < -0.39 is 0 Å². The molecule has 1 aromatic carbocycles. The zero-order chi connectivity index (χ0) is 13.8. The fourth-order valence-corrected chi connectivity index (χ4v) is 2.19. The molecule has 2 N–H and O–H groups in total. The Morgan fingerprint density at radius 2 is 1.95 bits per heavy atom. The monoisotopic (exact) mass is 259 g/mol. The number of hydrogen-bond donors (Lipinski definition) is 2. The van der Waals surface area contributed by atoms with Gasteiger partial charge in [-0.1, -0.05) is 12.1 Å². The Balaban J connectivity index is 1.83. The van der Waals surface area contributed by atoms with Gasteiger partial charge in [0.1, 0.15) is 5.75 Å². The Hall–Kier alpha value is -1.81. The molecule has 0 unspecified atom stereocenters. The van der Waals surface area contributed by atoms with Crippen LogP contribution in [0.15, 0.2) is 24.4 Å². The topological polar surface area (TPSA) is 50.1 Å². The van der Waals surface area contributed by atoms with E-state index in [9.17, 15) is 5.11 Å². The van der Waals surface area contributed by atoms with Crippen LogP contribution in [0.25, 0.3) is 0 Å². The van der Waals surface area contributed by atoms with E-state index in [-0.39, 0.29) is 0 Å². The summed E-state index contributed by atoms with van der Waals surface area (Å²) in [6, 6.07) is 6.09. The third-order valence-electron chi connectivity index (χ3n) is 3.21. The summed E-state index contributed by atoms with van der Waals surface area (Å²) in [5.74, 6) is 0.400. The Kier molecular flexibility index (Phi) is 4.22. The molecule has 1 aromatic heterocycles. The lowest BCUT2D eigenvalue weighted by Gasteiger charge is -2.08. The molecule has 2 rings (SSSR count). The van der Waals surface area contributed by atoms with Gasteiger partial charge in [0.15, 0.2) is 0 Å². The van der Waals surface area contributed by atoms with E-state index in [2.05, 4.69) is 10.4 Å². The van der Waals surface area contributed by atoms with Crippen molar-refractivity contribution < 1.29 is 5.11 Å². The standard InChI is InChI=1S/C15H21N3O/c1-11-8-13(9-12(2)15(11)19)10-16-6-4-14-5-7-18(3)17-14/h5,7-9,16,19H,4,6,10H2,1-3H3. The van der Waals surface area contributed by atoms with E-state index in [1.54, 1.807) is 0 Å². The SMILES string of the molecule is Cc1cc(CNCCc2ccn(C)n2)cc(C)c1O. The zero-order valence-corrected chi connectivity index (χ0v) is 11.8. The Bertz CT molecular complexity index is 537. The van der Waals surface area contributed by atoms with E-state index in [0.29, 0.717) is 5.75 Å². The van der Waals surface area contributed by atoms with Crippen molar-refractivity contribution in [2.75, 3.05) is 6.54 Å². The number of phenols is 1. The summed E-state index contributed by atoms with van der Waals surface area (Å²) < 4.78 is 1.82. The number of aromatic hydroxyl groups is 1. The number of nitrogens with zero attached hydrogens (tertiary/aromatic N) is 2. The van der Waals surface area contributed by atoms with Crippen LogP contribution in [-0.4, -0.2) is 21.4 Å². The van der Waals surface area contributed by atoms with E-state index in [1.807, 2.05) is 50.0 Å². The first-order valence-electron chi connectivity index (χ1n) is 6.54. The maximum absolute atomic E-state index is 9.72. The van der Waals surface area contributed by atoms with Crippen molar-refractivity contribution in [3.05, 3.63) is 46.8 Å². The van der Waals surface area contributed by atoms with Gasteiger partial charge in [0.2, 0.25) is 0 Å². The van der Waals surface area contributed by atoms with Crippen molar-refractivity contribution in [3.8, 4) is 5.75 Å². The first-order chi connectivity index (χ1) is 9.06. The number of aryl methyl sites for hydroxylation is 3. The van der Waals surface area contributed by atoms with Crippen molar-refractivity contribution in [1.29, 1.82) is 0 Å². The summed E-state index contributed by atoms with van der Waals surface area (Å²) in [4.78, 5) is 0. The van der Waals surface area contributed by atoms with Crippen LogP contribution in [-0.2, 0) is 20.0 Å². The molecule has 0 aliphatic carbocycles. The number of rotatable bonds is 5. The second kappa shape index (κ2) is 5.89. The highest BCUT2D eigenvalue weighted by molar-refractivity contribution is 5.42. The molecule has 4 nitrogen and oxygen atoms in total. The molecule has 0 bridgehead atoms. The average Bonchev–Trinajstić information content (AvgIpc) is 2.77. The maximum Gasteiger partial charge on any atom is 0.121 e. The van der Waals surface area contributed by atoms with E-state index in [0.717, 1.165) is 36.3 Å². The molecule has 0 aliphatic rings.